The number of esters is 1. The molecule has 1 aromatic carbocycles. The number of hydrogen-bond donors (Lipinski definition) is 2. The first kappa shape index (κ1) is 27.1. The van der Waals surface area contributed by atoms with Crippen molar-refractivity contribution in [1.29, 1.82) is 0 Å². The van der Waals surface area contributed by atoms with Gasteiger partial charge in [0.2, 0.25) is 15.9 Å². The topological polar surface area (TPSA) is 171 Å². The zero-order valence-corrected chi connectivity index (χ0v) is 21.4. The third kappa shape index (κ3) is 6.40. The summed E-state index contributed by atoms with van der Waals surface area (Å²) in [5.74, 6) is -1.25. The molecule has 0 radical (unpaired) electrons. The van der Waals surface area contributed by atoms with Crippen LogP contribution in [0.15, 0.2) is 33.7 Å². The summed E-state index contributed by atoms with van der Waals surface area (Å²) < 4.78 is 43.1. The second-order valence-corrected chi connectivity index (χ2v) is 11.2. The number of carbonyl (C=O) groups excluding carboxylic acids is 3. The molecule has 3 rings (SSSR count). The molecule has 2 heterocycles. The lowest BCUT2D eigenvalue weighted by Crippen LogP contribution is -2.45. The fraction of sp³-hybridized carbons (Fsp3) is 0.478. The second-order valence-electron chi connectivity index (χ2n) is 9.25. The van der Waals surface area contributed by atoms with Crippen LogP contribution >= 0.6 is 0 Å². The minimum atomic E-state index is -3.87. The Morgan fingerprint density at radius 1 is 1.22 bits per heavy atom. The Morgan fingerprint density at radius 3 is 2.47 bits per heavy atom. The summed E-state index contributed by atoms with van der Waals surface area (Å²) in [5.41, 5.74) is 4.86. The SMILES string of the molecule is COc1ccc(S(=O)(=O)N2CCc3onc(C(=O)NC(CCC(=O)OC(C)(C)C)C(N)=O)c3C2)cc1. The summed E-state index contributed by atoms with van der Waals surface area (Å²) in [5, 5.41) is 6.26. The smallest absolute Gasteiger partial charge is 0.306 e. The predicted octanol–water partition coefficient (Wildman–Crippen LogP) is 1.14. The maximum absolute atomic E-state index is 13.1. The Hall–Kier alpha value is -3.45. The molecule has 2 aromatic rings. The van der Waals surface area contributed by atoms with Gasteiger partial charge in [-0.05, 0) is 51.5 Å². The van der Waals surface area contributed by atoms with Crippen molar-refractivity contribution in [2.45, 2.75) is 63.1 Å². The highest BCUT2D eigenvalue weighted by atomic mass is 32.2. The quantitative estimate of drug-likeness (QED) is 0.458. The highest BCUT2D eigenvalue weighted by molar-refractivity contribution is 7.89. The fourth-order valence-electron chi connectivity index (χ4n) is 3.63. The average molecular weight is 523 g/mol. The number of hydrogen-bond acceptors (Lipinski definition) is 9. The lowest BCUT2D eigenvalue weighted by molar-refractivity contribution is -0.155. The van der Waals surface area contributed by atoms with Crippen LogP contribution in [0.1, 0.15) is 55.4 Å². The van der Waals surface area contributed by atoms with Crippen LogP contribution in [0.3, 0.4) is 0 Å². The highest BCUT2D eigenvalue weighted by Gasteiger charge is 2.35. The van der Waals surface area contributed by atoms with Gasteiger partial charge in [0.1, 0.15) is 23.2 Å². The van der Waals surface area contributed by atoms with E-state index in [1.807, 2.05) is 0 Å². The molecule has 1 unspecified atom stereocenters. The number of primary amides is 1. The van der Waals surface area contributed by atoms with E-state index in [1.54, 1.807) is 32.9 Å². The summed E-state index contributed by atoms with van der Waals surface area (Å²) >= 11 is 0. The van der Waals surface area contributed by atoms with E-state index in [-0.39, 0.29) is 42.9 Å². The lowest BCUT2D eigenvalue weighted by Gasteiger charge is -2.25. The molecule has 1 aromatic heterocycles. The van der Waals surface area contributed by atoms with Crippen LogP contribution < -0.4 is 15.8 Å². The van der Waals surface area contributed by atoms with Gasteiger partial charge in [0, 0.05) is 31.5 Å². The number of ether oxygens (including phenoxy) is 2. The number of amides is 2. The number of nitrogens with two attached hydrogens (primary N) is 1. The van der Waals surface area contributed by atoms with E-state index in [9.17, 15) is 22.8 Å². The van der Waals surface area contributed by atoms with Gasteiger partial charge >= 0.3 is 5.97 Å². The van der Waals surface area contributed by atoms with E-state index in [1.165, 1.54) is 23.5 Å². The number of nitrogens with one attached hydrogen (secondary N) is 1. The van der Waals surface area contributed by atoms with Gasteiger partial charge < -0.3 is 25.0 Å². The van der Waals surface area contributed by atoms with Crippen molar-refractivity contribution in [2.24, 2.45) is 5.73 Å². The molecule has 12 nitrogen and oxygen atoms in total. The summed E-state index contributed by atoms with van der Waals surface area (Å²) in [6.45, 7) is 5.13. The van der Waals surface area contributed by atoms with Crippen molar-refractivity contribution in [2.75, 3.05) is 13.7 Å². The third-order valence-electron chi connectivity index (χ3n) is 5.41. The standard InChI is InChI=1S/C23H30N4O8S/c1-23(2,3)34-19(28)10-9-17(21(24)29)25-22(30)20-16-13-27(12-11-18(16)35-26-20)36(31,32)15-7-5-14(33-4)6-8-15/h5-8,17H,9-13H2,1-4H3,(H2,24,29)(H,25,30). The molecule has 0 bridgehead atoms. The second kappa shape index (κ2) is 10.7. The predicted molar refractivity (Wildman–Crippen MR) is 126 cm³/mol. The molecule has 2 amide bonds. The lowest BCUT2D eigenvalue weighted by atomic mass is 10.1. The van der Waals surface area contributed by atoms with Gasteiger partial charge in [-0.3, -0.25) is 14.4 Å². The first-order chi connectivity index (χ1) is 16.8. The number of benzene rings is 1. The van der Waals surface area contributed by atoms with Gasteiger partial charge in [0.25, 0.3) is 5.91 Å². The molecular weight excluding hydrogens is 492 g/mol. The number of carbonyl (C=O) groups is 3. The molecule has 0 aliphatic carbocycles. The first-order valence-electron chi connectivity index (χ1n) is 11.3. The number of methoxy groups -OCH3 is 1. The van der Waals surface area contributed by atoms with Crippen LogP contribution in [-0.2, 0) is 37.3 Å². The Balaban J connectivity index is 1.72. The third-order valence-corrected chi connectivity index (χ3v) is 7.27. The van der Waals surface area contributed by atoms with Crippen molar-refractivity contribution in [1.82, 2.24) is 14.8 Å². The van der Waals surface area contributed by atoms with Crippen LogP contribution in [0.2, 0.25) is 0 Å². The summed E-state index contributed by atoms with van der Waals surface area (Å²) in [7, 11) is -2.39. The number of fused-ring (bicyclic) bond motifs is 1. The van der Waals surface area contributed by atoms with Crippen molar-refractivity contribution in [3.8, 4) is 5.75 Å². The van der Waals surface area contributed by atoms with Gasteiger partial charge in [0.05, 0.1) is 12.0 Å². The van der Waals surface area contributed by atoms with Gasteiger partial charge in [-0.15, -0.1) is 0 Å². The molecule has 1 atom stereocenters. The van der Waals surface area contributed by atoms with E-state index >= 15 is 0 Å². The Labute approximate surface area is 209 Å². The average Bonchev–Trinajstić information content (AvgIpc) is 3.24. The van der Waals surface area contributed by atoms with E-state index in [2.05, 4.69) is 10.5 Å². The van der Waals surface area contributed by atoms with Crippen LogP contribution in [-0.4, -0.2) is 61.0 Å². The Bertz CT molecular complexity index is 1230. The molecule has 196 valence electrons. The number of rotatable bonds is 9. The first-order valence-corrected chi connectivity index (χ1v) is 12.7. The van der Waals surface area contributed by atoms with Crippen LogP contribution in [0.5, 0.6) is 5.75 Å². The minimum absolute atomic E-state index is 0.0742. The van der Waals surface area contributed by atoms with Crippen molar-refractivity contribution >= 4 is 27.8 Å². The normalized spacial score (nSPS) is 15.0. The fourth-order valence-corrected chi connectivity index (χ4v) is 5.04. The van der Waals surface area contributed by atoms with Crippen molar-refractivity contribution in [3.05, 3.63) is 41.3 Å². The van der Waals surface area contributed by atoms with Crippen LogP contribution in [0.25, 0.3) is 0 Å². The van der Waals surface area contributed by atoms with E-state index < -0.39 is 39.4 Å². The summed E-state index contributed by atoms with van der Waals surface area (Å²) in [6.07, 6.45) is -0.00709. The van der Waals surface area contributed by atoms with E-state index in [0.717, 1.165) is 0 Å². The van der Waals surface area contributed by atoms with Crippen molar-refractivity contribution in [3.63, 3.8) is 0 Å². The number of nitrogens with zero attached hydrogens (tertiary/aromatic N) is 2. The molecule has 0 saturated carbocycles. The molecule has 0 saturated heterocycles. The molecule has 3 N–H and O–H groups in total. The molecule has 0 spiro atoms. The Kier molecular flexibility index (Phi) is 8.04. The van der Waals surface area contributed by atoms with Gasteiger partial charge in [0.15, 0.2) is 5.69 Å². The molecule has 0 fully saturated rings. The Morgan fingerprint density at radius 2 is 1.89 bits per heavy atom. The molecule has 1 aliphatic rings. The monoisotopic (exact) mass is 522 g/mol. The zero-order chi connectivity index (χ0) is 26.7. The molecule has 36 heavy (non-hydrogen) atoms. The van der Waals surface area contributed by atoms with Crippen LogP contribution in [0, 0.1) is 0 Å². The minimum Gasteiger partial charge on any atom is -0.497 e. The maximum Gasteiger partial charge on any atom is 0.306 e. The van der Waals surface area contributed by atoms with Crippen molar-refractivity contribution < 1.29 is 36.8 Å². The van der Waals surface area contributed by atoms with E-state index in [0.29, 0.717) is 17.1 Å². The van der Waals surface area contributed by atoms with Crippen LogP contribution in [0.4, 0.5) is 0 Å². The maximum atomic E-state index is 13.1. The molecular formula is C23H30N4O8S. The highest BCUT2D eigenvalue weighted by Crippen LogP contribution is 2.28. The summed E-state index contributed by atoms with van der Waals surface area (Å²) in [6, 6.07) is 4.80. The number of aromatic nitrogens is 1. The van der Waals surface area contributed by atoms with Gasteiger partial charge in [-0.25, -0.2) is 8.42 Å². The number of sulfonamides is 1. The molecule has 13 heteroatoms. The van der Waals surface area contributed by atoms with Gasteiger partial charge in [-0.2, -0.15) is 4.31 Å². The van der Waals surface area contributed by atoms with Gasteiger partial charge in [-0.1, -0.05) is 5.16 Å². The largest absolute Gasteiger partial charge is 0.497 e. The summed E-state index contributed by atoms with van der Waals surface area (Å²) in [4.78, 5) is 36.9. The van der Waals surface area contributed by atoms with E-state index in [4.69, 9.17) is 19.7 Å². The molecule has 1 aliphatic heterocycles. The zero-order valence-electron chi connectivity index (χ0n) is 20.6.